The topological polar surface area (TPSA) is 133 Å². The Balaban J connectivity index is 3.66. The van der Waals surface area contributed by atoms with Crippen LogP contribution in [0.15, 0.2) is 6.07 Å². The van der Waals surface area contributed by atoms with Crippen LogP contribution in [0.1, 0.15) is 63.0 Å². The number of ether oxygens (including phenoxy) is 1. The fraction of sp³-hybridized carbons (Fsp3) is 0.562. The van der Waals surface area contributed by atoms with Gasteiger partial charge in [-0.15, -0.1) is 0 Å². The van der Waals surface area contributed by atoms with Crippen LogP contribution in [-0.2, 0) is 0 Å². The maximum atomic E-state index is 11.5. The van der Waals surface area contributed by atoms with Gasteiger partial charge >= 0.3 is 17.5 Å². The first-order chi connectivity index (χ1) is 11.7. The van der Waals surface area contributed by atoms with Gasteiger partial charge in [0.2, 0.25) is 0 Å². The number of nitro groups is 2. The van der Waals surface area contributed by atoms with Crippen LogP contribution >= 0.6 is 0 Å². The summed E-state index contributed by atoms with van der Waals surface area (Å²) in [5.74, 6) is -0.907. The first-order valence-corrected chi connectivity index (χ1v) is 8.11. The van der Waals surface area contributed by atoms with E-state index in [-0.39, 0.29) is 11.5 Å². The molecule has 9 heteroatoms. The zero-order chi connectivity index (χ0) is 19.1. The molecular formula is C16H22N2O7. The zero-order valence-electron chi connectivity index (χ0n) is 14.5. The zero-order valence-corrected chi connectivity index (χ0v) is 14.5. The fourth-order valence-corrected chi connectivity index (χ4v) is 2.97. The highest BCUT2D eigenvalue weighted by Crippen LogP contribution is 2.45. The van der Waals surface area contributed by atoms with Gasteiger partial charge in [-0.25, -0.2) is 4.79 Å². The van der Waals surface area contributed by atoms with Gasteiger partial charge in [-0.1, -0.05) is 33.1 Å². The van der Waals surface area contributed by atoms with Crippen LogP contribution in [0.2, 0.25) is 0 Å². The monoisotopic (exact) mass is 354 g/mol. The van der Waals surface area contributed by atoms with E-state index in [1.807, 2.05) is 13.8 Å². The van der Waals surface area contributed by atoms with Crippen molar-refractivity contribution in [2.45, 2.75) is 58.8 Å². The Morgan fingerprint density at radius 1 is 1.20 bits per heavy atom. The average Bonchev–Trinajstić information content (AvgIpc) is 2.50. The summed E-state index contributed by atoms with van der Waals surface area (Å²) in [6.07, 6.45) is 2.28. The van der Waals surface area contributed by atoms with E-state index in [9.17, 15) is 25.0 Å². The van der Waals surface area contributed by atoms with Gasteiger partial charge < -0.3 is 9.84 Å². The predicted octanol–water partition coefficient (Wildman–Crippen LogP) is 4.94. The maximum Gasteiger partial charge on any atom is 0.511 e. The molecule has 1 N–H and O–H groups in total. The molecule has 0 radical (unpaired) electrons. The molecule has 1 aromatic carbocycles. The summed E-state index contributed by atoms with van der Waals surface area (Å²) in [4.78, 5) is 32.0. The largest absolute Gasteiger partial charge is 0.511 e. The van der Waals surface area contributed by atoms with Crippen LogP contribution in [0.25, 0.3) is 0 Å². The lowest BCUT2D eigenvalue weighted by molar-refractivity contribution is -0.396. The summed E-state index contributed by atoms with van der Waals surface area (Å²) < 4.78 is 4.39. The Morgan fingerprint density at radius 2 is 1.84 bits per heavy atom. The van der Waals surface area contributed by atoms with Crippen LogP contribution in [-0.4, -0.2) is 21.1 Å². The highest BCUT2D eigenvalue weighted by molar-refractivity contribution is 5.73. The molecule has 1 aromatic rings. The number of carbonyl (C=O) groups is 1. The molecule has 138 valence electrons. The number of nitrogens with zero attached hydrogens (tertiary/aromatic N) is 2. The molecule has 0 fully saturated rings. The second-order valence-corrected chi connectivity index (χ2v) is 5.80. The van der Waals surface area contributed by atoms with Crippen molar-refractivity contribution in [3.8, 4) is 5.75 Å². The van der Waals surface area contributed by atoms with Crippen LogP contribution < -0.4 is 4.74 Å². The fourth-order valence-electron chi connectivity index (χ4n) is 2.97. The molecule has 1 unspecified atom stereocenters. The molecule has 9 nitrogen and oxygen atoms in total. The van der Waals surface area contributed by atoms with Gasteiger partial charge in [-0.3, -0.25) is 20.2 Å². The Labute approximate surface area is 144 Å². The molecule has 0 aliphatic heterocycles. The number of unbranched alkanes of at least 4 members (excludes halogenated alkanes) is 1. The molecule has 0 spiro atoms. The second kappa shape index (κ2) is 8.95. The predicted molar refractivity (Wildman–Crippen MR) is 90.3 cm³/mol. The van der Waals surface area contributed by atoms with E-state index >= 15 is 0 Å². The van der Waals surface area contributed by atoms with Gasteiger partial charge in [0.05, 0.1) is 9.85 Å². The van der Waals surface area contributed by atoms with Crippen molar-refractivity contribution in [1.29, 1.82) is 0 Å². The lowest BCUT2D eigenvalue weighted by atomic mass is 9.86. The lowest BCUT2D eigenvalue weighted by Crippen LogP contribution is -2.11. The maximum absolute atomic E-state index is 11.5. The van der Waals surface area contributed by atoms with Crippen LogP contribution in [0.5, 0.6) is 5.75 Å². The van der Waals surface area contributed by atoms with Gasteiger partial charge in [0.1, 0.15) is 0 Å². The van der Waals surface area contributed by atoms with E-state index in [1.165, 1.54) is 13.0 Å². The molecule has 0 heterocycles. The third-order valence-electron chi connectivity index (χ3n) is 4.08. The van der Waals surface area contributed by atoms with Crippen molar-refractivity contribution in [2.75, 3.05) is 0 Å². The number of rotatable bonds is 9. The lowest BCUT2D eigenvalue weighted by Gasteiger charge is -2.19. The van der Waals surface area contributed by atoms with Gasteiger partial charge in [-0.2, -0.15) is 0 Å². The quantitative estimate of drug-likeness (QED) is 0.287. The van der Waals surface area contributed by atoms with E-state index in [2.05, 4.69) is 4.74 Å². The first-order valence-electron chi connectivity index (χ1n) is 8.11. The molecule has 0 saturated heterocycles. The number of carboxylic acid groups (broad SMARTS) is 1. The van der Waals surface area contributed by atoms with E-state index in [4.69, 9.17) is 5.11 Å². The Hall–Kier alpha value is -2.71. The number of nitro benzene ring substituents is 2. The van der Waals surface area contributed by atoms with Gasteiger partial charge in [0.15, 0.2) is 0 Å². The summed E-state index contributed by atoms with van der Waals surface area (Å²) in [7, 11) is 0. The van der Waals surface area contributed by atoms with Gasteiger partial charge in [0.25, 0.3) is 5.75 Å². The Kier molecular flexibility index (Phi) is 7.28. The summed E-state index contributed by atoms with van der Waals surface area (Å²) >= 11 is 0. The van der Waals surface area contributed by atoms with Crippen LogP contribution in [0.3, 0.4) is 0 Å². The summed E-state index contributed by atoms with van der Waals surface area (Å²) in [5.41, 5.74) is -0.649. The number of hydrogen-bond acceptors (Lipinski definition) is 6. The minimum absolute atomic E-state index is 0.0683. The van der Waals surface area contributed by atoms with Crippen LogP contribution in [0, 0.1) is 27.2 Å². The summed E-state index contributed by atoms with van der Waals surface area (Å²) in [6, 6.07) is 1.22. The first kappa shape index (κ1) is 20.3. The molecule has 1 atom stereocenters. The number of benzene rings is 1. The van der Waals surface area contributed by atoms with Crippen LogP contribution in [0.4, 0.5) is 16.2 Å². The molecule has 25 heavy (non-hydrogen) atoms. The average molecular weight is 354 g/mol. The molecule has 0 aliphatic carbocycles. The third kappa shape index (κ3) is 4.88. The molecular weight excluding hydrogens is 332 g/mol. The summed E-state index contributed by atoms with van der Waals surface area (Å²) in [5, 5.41) is 31.6. The van der Waals surface area contributed by atoms with Crippen molar-refractivity contribution in [1.82, 2.24) is 0 Å². The molecule has 0 aliphatic rings. The van der Waals surface area contributed by atoms with E-state index in [0.29, 0.717) is 5.56 Å². The SMILES string of the molecule is CCCCC(CCC)c1cc([N+](=O)[O-])c(OC(=O)O)c([N+](=O)[O-])c1C. The minimum Gasteiger partial charge on any atom is -0.449 e. The summed E-state index contributed by atoms with van der Waals surface area (Å²) in [6.45, 7) is 5.46. The molecule has 0 amide bonds. The Morgan fingerprint density at radius 3 is 2.28 bits per heavy atom. The van der Waals surface area contributed by atoms with E-state index in [1.54, 1.807) is 0 Å². The minimum atomic E-state index is -1.84. The standard InChI is InChI=1S/C16H22N2O7/c1-4-6-8-11(7-5-2)12-9-13(17(21)22)15(25-16(19)20)14(10(12)3)18(23)24/h9,11H,4-8H2,1-3H3,(H,19,20). The molecule has 0 bridgehead atoms. The van der Waals surface area contributed by atoms with Crippen molar-refractivity contribution >= 4 is 17.5 Å². The Bertz CT molecular complexity index is 673. The van der Waals surface area contributed by atoms with E-state index in [0.717, 1.165) is 32.1 Å². The third-order valence-corrected chi connectivity index (χ3v) is 4.08. The van der Waals surface area contributed by atoms with Crippen molar-refractivity contribution in [2.24, 2.45) is 0 Å². The van der Waals surface area contributed by atoms with Gasteiger partial charge in [-0.05, 0) is 31.2 Å². The second-order valence-electron chi connectivity index (χ2n) is 5.80. The van der Waals surface area contributed by atoms with Gasteiger partial charge in [0, 0.05) is 11.6 Å². The molecule has 1 rings (SSSR count). The highest BCUT2D eigenvalue weighted by atomic mass is 16.7. The number of hydrogen-bond donors (Lipinski definition) is 1. The molecule has 0 saturated carbocycles. The highest BCUT2D eigenvalue weighted by Gasteiger charge is 2.35. The molecule has 0 aromatic heterocycles. The smallest absolute Gasteiger partial charge is 0.449 e. The van der Waals surface area contributed by atoms with Crippen molar-refractivity contribution in [3.05, 3.63) is 37.4 Å². The van der Waals surface area contributed by atoms with Crippen molar-refractivity contribution in [3.63, 3.8) is 0 Å². The van der Waals surface area contributed by atoms with Crippen molar-refractivity contribution < 1.29 is 24.5 Å². The normalized spacial score (nSPS) is 11.8. The van der Waals surface area contributed by atoms with E-state index < -0.39 is 33.1 Å².